The number of aliphatic carboxylic acids is 1. The van der Waals surface area contributed by atoms with Crippen LogP contribution in [-0.2, 0) is 11.2 Å². The second kappa shape index (κ2) is 9.23. The summed E-state index contributed by atoms with van der Waals surface area (Å²) >= 11 is 7.82. The lowest BCUT2D eigenvalue weighted by atomic mass is 9.94. The molecule has 1 saturated heterocycles. The number of piperidine rings is 1. The van der Waals surface area contributed by atoms with E-state index in [0.29, 0.717) is 23.7 Å². The van der Waals surface area contributed by atoms with Crippen molar-refractivity contribution in [3.05, 3.63) is 52.7 Å². The van der Waals surface area contributed by atoms with Gasteiger partial charge in [-0.2, -0.15) is 0 Å². The van der Waals surface area contributed by atoms with E-state index in [1.807, 2.05) is 37.3 Å². The number of anilines is 1. The highest BCUT2D eigenvalue weighted by molar-refractivity contribution is 7.22. The Morgan fingerprint density at radius 1 is 1.30 bits per heavy atom. The van der Waals surface area contributed by atoms with Crippen molar-refractivity contribution in [2.45, 2.75) is 32.6 Å². The van der Waals surface area contributed by atoms with Gasteiger partial charge in [0.1, 0.15) is 11.3 Å². The van der Waals surface area contributed by atoms with Crippen LogP contribution in [0.3, 0.4) is 0 Å². The summed E-state index contributed by atoms with van der Waals surface area (Å²) in [4.78, 5) is 18.2. The Labute approximate surface area is 200 Å². The zero-order valence-electron chi connectivity index (χ0n) is 18.3. The number of rotatable bonds is 7. The minimum Gasteiger partial charge on any atom is -0.493 e. The van der Waals surface area contributed by atoms with E-state index in [1.54, 1.807) is 11.3 Å². The average molecular weight is 485 g/mol. The van der Waals surface area contributed by atoms with Gasteiger partial charge in [-0.05, 0) is 62.4 Å². The van der Waals surface area contributed by atoms with E-state index in [9.17, 15) is 4.79 Å². The Hall–Kier alpha value is -2.77. The third-order valence-corrected chi connectivity index (χ3v) is 7.68. The summed E-state index contributed by atoms with van der Waals surface area (Å²) < 4.78 is 12.9. The molecule has 1 aliphatic heterocycles. The van der Waals surface area contributed by atoms with Crippen LogP contribution in [0.2, 0.25) is 5.02 Å². The number of hydrogen-bond donors (Lipinski definition) is 1. The van der Waals surface area contributed by atoms with E-state index in [0.717, 1.165) is 69.4 Å². The number of furan rings is 1. The molecule has 0 unspecified atom stereocenters. The molecule has 2 aromatic carbocycles. The van der Waals surface area contributed by atoms with Crippen LogP contribution in [0.1, 0.15) is 30.4 Å². The molecule has 5 rings (SSSR count). The van der Waals surface area contributed by atoms with Crippen molar-refractivity contribution in [2.75, 3.05) is 24.6 Å². The molecule has 0 bridgehead atoms. The van der Waals surface area contributed by atoms with Crippen LogP contribution in [0, 0.1) is 12.8 Å². The number of hydrogen-bond acceptors (Lipinski definition) is 6. The third-order valence-electron chi connectivity index (χ3n) is 6.37. The van der Waals surface area contributed by atoms with Gasteiger partial charge in [-0.3, -0.25) is 4.79 Å². The molecule has 1 aliphatic rings. The van der Waals surface area contributed by atoms with Crippen molar-refractivity contribution in [1.29, 1.82) is 0 Å². The number of carboxylic acid groups (broad SMARTS) is 1. The first-order valence-corrected chi connectivity index (χ1v) is 12.3. The van der Waals surface area contributed by atoms with E-state index in [2.05, 4.69) is 4.90 Å². The summed E-state index contributed by atoms with van der Waals surface area (Å²) in [6.45, 7) is 4.61. The molecule has 3 heterocycles. The lowest BCUT2D eigenvalue weighted by Crippen LogP contribution is -2.34. The molecular weight excluding hydrogens is 460 g/mol. The van der Waals surface area contributed by atoms with Crippen molar-refractivity contribution in [3.63, 3.8) is 0 Å². The maximum absolute atomic E-state index is 11.0. The summed E-state index contributed by atoms with van der Waals surface area (Å²) in [6, 6.07) is 9.66. The molecule has 0 aliphatic carbocycles. The van der Waals surface area contributed by atoms with Gasteiger partial charge in [0.2, 0.25) is 0 Å². The molecule has 0 amide bonds. The third kappa shape index (κ3) is 4.66. The molecule has 1 N–H and O–H groups in total. The van der Waals surface area contributed by atoms with Crippen molar-refractivity contribution >= 4 is 55.2 Å². The van der Waals surface area contributed by atoms with E-state index in [-0.39, 0.29) is 6.42 Å². The Morgan fingerprint density at radius 2 is 2.12 bits per heavy atom. The number of nitrogens with zero attached hydrogens (tertiary/aromatic N) is 2. The predicted molar refractivity (Wildman–Crippen MR) is 132 cm³/mol. The Balaban J connectivity index is 1.15. The zero-order chi connectivity index (χ0) is 22.9. The summed E-state index contributed by atoms with van der Waals surface area (Å²) in [5.41, 5.74) is 3.31. The standard InChI is InChI=1S/C25H25ClN2O4S/c1-15-21(5-3-19-17(12-23(29)30)14-32-24(15)19)31-11-8-16-6-9-28(10-7-16)25-27-20-4-2-18(26)13-22(20)33-25/h2-5,13-14,16H,6-12H2,1H3,(H,29,30). The van der Waals surface area contributed by atoms with Gasteiger partial charge >= 0.3 is 5.97 Å². The van der Waals surface area contributed by atoms with Gasteiger partial charge < -0.3 is 19.2 Å². The fourth-order valence-corrected chi connectivity index (χ4v) is 5.79. The number of fused-ring (bicyclic) bond motifs is 2. The molecule has 0 saturated carbocycles. The Kier molecular flexibility index (Phi) is 6.17. The molecule has 4 aromatic rings. The molecule has 33 heavy (non-hydrogen) atoms. The highest BCUT2D eigenvalue weighted by atomic mass is 35.5. The summed E-state index contributed by atoms with van der Waals surface area (Å²) in [6.07, 6.45) is 4.73. The van der Waals surface area contributed by atoms with Gasteiger partial charge in [0.15, 0.2) is 5.13 Å². The zero-order valence-corrected chi connectivity index (χ0v) is 19.9. The maximum Gasteiger partial charge on any atom is 0.307 e. The van der Waals surface area contributed by atoms with Gasteiger partial charge in [-0.1, -0.05) is 22.9 Å². The highest BCUT2D eigenvalue weighted by Gasteiger charge is 2.22. The molecule has 172 valence electrons. The fraction of sp³-hybridized carbons (Fsp3) is 0.360. The van der Waals surface area contributed by atoms with Crippen LogP contribution < -0.4 is 9.64 Å². The van der Waals surface area contributed by atoms with Crippen molar-refractivity contribution in [3.8, 4) is 5.75 Å². The maximum atomic E-state index is 11.0. The lowest BCUT2D eigenvalue weighted by molar-refractivity contribution is -0.136. The molecule has 8 heteroatoms. The van der Waals surface area contributed by atoms with Gasteiger partial charge in [-0.25, -0.2) is 4.98 Å². The Morgan fingerprint density at radius 3 is 2.91 bits per heavy atom. The van der Waals surface area contributed by atoms with Gasteiger partial charge in [-0.15, -0.1) is 0 Å². The first-order chi connectivity index (χ1) is 16.0. The Bertz CT molecular complexity index is 1310. The highest BCUT2D eigenvalue weighted by Crippen LogP contribution is 2.34. The normalized spacial score (nSPS) is 14.9. The van der Waals surface area contributed by atoms with Crippen LogP contribution in [0.4, 0.5) is 5.13 Å². The van der Waals surface area contributed by atoms with Gasteiger partial charge in [0, 0.05) is 34.6 Å². The number of aromatic nitrogens is 1. The first kappa shape index (κ1) is 22.0. The van der Waals surface area contributed by atoms with Gasteiger partial charge in [0.25, 0.3) is 0 Å². The minimum absolute atomic E-state index is 0.0455. The number of thiazole rings is 1. The molecule has 2 aromatic heterocycles. The van der Waals surface area contributed by atoms with Crippen LogP contribution in [0.5, 0.6) is 5.75 Å². The van der Waals surface area contributed by atoms with Crippen LogP contribution >= 0.6 is 22.9 Å². The van der Waals surface area contributed by atoms with Crippen LogP contribution in [0.25, 0.3) is 21.2 Å². The number of ether oxygens (including phenoxy) is 1. The van der Waals surface area contributed by atoms with Crippen molar-refractivity contribution < 1.29 is 19.1 Å². The van der Waals surface area contributed by atoms with E-state index < -0.39 is 5.97 Å². The summed E-state index contributed by atoms with van der Waals surface area (Å²) in [5, 5.41) is 11.7. The fourth-order valence-electron chi connectivity index (χ4n) is 4.50. The number of carboxylic acids is 1. The van der Waals surface area contributed by atoms with Crippen molar-refractivity contribution in [2.24, 2.45) is 5.92 Å². The summed E-state index contributed by atoms with van der Waals surface area (Å²) in [7, 11) is 0. The topological polar surface area (TPSA) is 75.8 Å². The molecule has 0 radical (unpaired) electrons. The second-order valence-corrected chi connectivity index (χ2v) is 10.0. The quantitative estimate of drug-likeness (QED) is 0.331. The van der Waals surface area contributed by atoms with Crippen LogP contribution in [-0.4, -0.2) is 35.8 Å². The second-order valence-electron chi connectivity index (χ2n) is 8.57. The predicted octanol–water partition coefficient (Wildman–Crippen LogP) is 6.32. The number of benzene rings is 2. The smallest absolute Gasteiger partial charge is 0.307 e. The summed E-state index contributed by atoms with van der Waals surface area (Å²) in [5.74, 6) is 0.554. The molecular formula is C25H25ClN2O4S. The first-order valence-electron chi connectivity index (χ1n) is 11.1. The van der Waals surface area contributed by atoms with E-state index in [4.69, 9.17) is 30.8 Å². The van der Waals surface area contributed by atoms with E-state index in [1.165, 1.54) is 6.26 Å². The largest absolute Gasteiger partial charge is 0.493 e. The molecule has 1 fully saturated rings. The van der Waals surface area contributed by atoms with Gasteiger partial charge in [0.05, 0.1) is 29.5 Å². The van der Waals surface area contributed by atoms with E-state index >= 15 is 0 Å². The number of carbonyl (C=O) groups is 1. The monoisotopic (exact) mass is 484 g/mol. The van der Waals surface area contributed by atoms with Crippen molar-refractivity contribution in [1.82, 2.24) is 4.98 Å². The number of aryl methyl sites for hydroxylation is 1. The minimum atomic E-state index is -0.866. The average Bonchev–Trinajstić information content (AvgIpc) is 3.40. The molecule has 6 nitrogen and oxygen atoms in total. The molecule has 0 spiro atoms. The lowest BCUT2D eigenvalue weighted by Gasteiger charge is -2.31. The van der Waals surface area contributed by atoms with Crippen LogP contribution in [0.15, 0.2) is 41.0 Å². The molecule has 0 atom stereocenters. The SMILES string of the molecule is Cc1c(OCCC2CCN(c3nc4ccc(Cl)cc4s3)CC2)ccc2c(CC(=O)O)coc12. The number of halogens is 1.